The van der Waals surface area contributed by atoms with Crippen molar-refractivity contribution < 1.29 is 14.3 Å². The molecule has 0 fully saturated rings. The molecule has 9 heteroatoms. The molecule has 4 aromatic rings. The van der Waals surface area contributed by atoms with E-state index in [1.165, 1.54) is 11.8 Å². The van der Waals surface area contributed by atoms with Crippen molar-refractivity contribution in [1.82, 2.24) is 25.1 Å². The molecule has 1 amide bonds. The van der Waals surface area contributed by atoms with Gasteiger partial charge in [0.2, 0.25) is 5.91 Å². The number of benzene rings is 2. The first kappa shape index (κ1) is 22.0. The molecule has 0 saturated carbocycles. The lowest BCUT2D eigenvalue weighted by atomic mass is 10.1. The smallest absolute Gasteiger partial charge is 0.230 e. The maximum atomic E-state index is 12.5. The van der Waals surface area contributed by atoms with Gasteiger partial charge in [0.25, 0.3) is 0 Å². The van der Waals surface area contributed by atoms with E-state index in [9.17, 15) is 4.79 Å². The van der Waals surface area contributed by atoms with Gasteiger partial charge in [-0.25, -0.2) is 0 Å². The molecule has 0 unspecified atom stereocenters. The molecule has 2 aromatic carbocycles. The summed E-state index contributed by atoms with van der Waals surface area (Å²) in [5.41, 5.74) is 2.87. The second-order valence-corrected chi connectivity index (χ2v) is 8.53. The van der Waals surface area contributed by atoms with Crippen LogP contribution in [-0.4, -0.2) is 51.2 Å². The van der Waals surface area contributed by atoms with Crippen molar-refractivity contribution in [2.24, 2.45) is 0 Å². The Kier molecular flexibility index (Phi) is 6.71. The number of fused-ring (bicyclic) bond motifs is 1. The SMILES string of the molecule is O=C(CSc1nnc(-c2cccnc2)n1-c1ccccc1)NCCc1ccc2c(c1)OCCO2. The van der Waals surface area contributed by atoms with E-state index in [2.05, 4.69) is 20.5 Å². The molecule has 172 valence electrons. The van der Waals surface area contributed by atoms with Gasteiger partial charge in [0.15, 0.2) is 22.5 Å². The minimum absolute atomic E-state index is 0.0620. The third-order valence-corrected chi connectivity index (χ3v) is 6.17. The van der Waals surface area contributed by atoms with E-state index in [1.807, 2.05) is 65.2 Å². The van der Waals surface area contributed by atoms with Crippen LogP contribution in [0.25, 0.3) is 17.1 Å². The molecule has 5 rings (SSSR count). The summed E-state index contributed by atoms with van der Waals surface area (Å²) >= 11 is 1.35. The lowest BCUT2D eigenvalue weighted by molar-refractivity contribution is -0.118. The second-order valence-electron chi connectivity index (χ2n) is 7.59. The Morgan fingerprint density at radius 2 is 1.85 bits per heavy atom. The van der Waals surface area contributed by atoms with Crippen molar-refractivity contribution in [3.63, 3.8) is 0 Å². The summed E-state index contributed by atoms with van der Waals surface area (Å²) in [7, 11) is 0. The molecule has 1 aliphatic rings. The van der Waals surface area contributed by atoms with Crippen LogP contribution in [-0.2, 0) is 11.2 Å². The molecule has 0 aliphatic carbocycles. The molecule has 0 spiro atoms. The zero-order valence-corrected chi connectivity index (χ0v) is 19.2. The van der Waals surface area contributed by atoms with E-state index in [4.69, 9.17) is 9.47 Å². The molecule has 0 bridgehead atoms. The minimum Gasteiger partial charge on any atom is -0.486 e. The first-order valence-electron chi connectivity index (χ1n) is 11.0. The number of rotatable bonds is 8. The normalized spacial score (nSPS) is 12.4. The van der Waals surface area contributed by atoms with Crippen LogP contribution in [0.3, 0.4) is 0 Å². The van der Waals surface area contributed by atoms with Gasteiger partial charge in [-0.2, -0.15) is 0 Å². The summed E-state index contributed by atoms with van der Waals surface area (Å²) in [6.07, 6.45) is 4.18. The van der Waals surface area contributed by atoms with Crippen molar-refractivity contribution in [3.8, 4) is 28.6 Å². The molecule has 0 atom stereocenters. The summed E-state index contributed by atoms with van der Waals surface area (Å²) in [5, 5.41) is 12.4. The summed E-state index contributed by atoms with van der Waals surface area (Å²) in [4.78, 5) is 16.7. The number of amides is 1. The maximum Gasteiger partial charge on any atom is 0.230 e. The number of nitrogens with one attached hydrogen (secondary N) is 1. The first-order valence-corrected chi connectivity index (χ1v) is 12.0. The van der Waals surface area contributed by atoms with E-state index < -0.39 is 0 Å². The van der Waals surface area contributed by atoms with Gasteiger partial charge in [0.1, 0.15) is 13.2 Å². The summed E-state index contributed by atoms with van der Waals surface area (Å²) in [5.74, 6) is 2.38. The van der Waals surface area contributed by atoms with Crippen LogP contribution < -0.4 is 14.8 Å². The van der Waals surface area contributed by atoms with E-state index in [-0.39, 0.29) is 11.7 Å². The highest BCUT2D eigenvalue weighted by atomic mass is 32.2. The van der Waals surface area contributed by atoms with E-state index in [0.717, 1.165) is 28.3 Å². The molecule has 1 aliphatic heterocycles. The quantitative estimate of drug-likeness (QED) is 0.391. The monoisotopic (exact) mass is 473 g/mol. The number of hydrogen-bond acceptors (Lipinski definition) is 7. The van der Waals surface area contributed by atoms with E-state index in [0.29, 0.717) is 37.2 Å². The molecular formula is C25H23N5O3S. The Labute approximate surface area is 201 Å². The Morgan fingerprint density at radius 1 is 1.00 bits per heavy atom. The van der Waals surface area contributed by atoms with E-state index in [1.54, 1.807) is 12.4 Å². The third kappa shape index (κ3) is 5.04. The number of aromatic nitrogens is 4. The number of para-hydroxylation sites is 1. The highest BCUT2D eigenvalue weighted by Crippen LogP contribution is 2.31. The van der Waals surface area contributed by atoms with Gasteiger partial charge in [-0.05, 0) is 48.4 Å². The molecule has 2 aromatic heterocycles. The lowest BCUT2D eigenvalue weighted by Crippen LogP contribution is -2.27. The van der Waals surface area contributed by atoms with Gasteiger partial charge in [-0.1, -0.05) is 36.0 Å². The summed E-state index contributed by atoms with van der Waals surface area (Å²) in [6.45, 7) is 1.66. The van der Waals surface area contributed by atoms with Crippen LogP contribution in [0.4, 0.5) is 0 Å². The third-order valence-electron chi connectivity index (χ3n) is 5.24. The van der Waals surface area contributed by atoms with Crippen molar-refractivity contribution in [1.29, 1.82) is 0 Å². The van der Waals surface area contributed by atoms with Crippen molar-refractivity contribution in [3.05, 3.63) is 78.6 Å². The molecule has 1 N–H and O–H groups in total. The van der Waals surface area contributed by atoms with Gasteiger partial charge < -0.3 is 14.8 Å². The average molecular weight is 474 g/mol. The fourth-order valence-corrected chi connectivity index (χ4v) is 4.41. The van der Waals surface area contributed by atoms with Crippen molar-refractivity contribution in [2.75, 3.05) is 25.5 Å². The Bertz CT molecular complexity index is 1260. The van der Waals surface area contributed by atoms with Gasteiger partial charge in [0, 0.05) is 30.2 Å². The topological polar surface area (TPSA) is 91.2 Å². The number of carbonyl (C=O) groups excluding carboxylic acids is 1. The van der Waals surface area contributed by atoms with Gasteiger partial charge in [-0.3, -0.25) is 14.3 Å². The predicted octanol–water partition coefficient (Wildman–Crippen LogP) is 3.55. The molecule has 8 nitrogen and oxygen atoms in total. The molecule has 0 saturated heterocycles. The van der Waals surface area contributed by atoms with Crippen LogP contribution in [0, 0.1) is 0 Å². The Balaban J connectivity index is 1.22. The van der Waals surface area contributed by atoms with Crippen molar-refractivity contribution >= 4 is 17.7 Å². The van der Waals surface area contributed by atoms with Crippen LogP contribution in [0.15, 0.2) is 78.2 Å². The number of pyridine rings is 1. The Morgan fingerprint density at radius 3 is 2.68 bits per heavy atom. The van der Waals surface area contributed by atoms with Crippen LogP contribution in [0.1, 0.15) is 5.56 Å². The fourth-order valence-electron chi connectivity index (χ4n) is 3.63. The number of ether oxygens (including phenoxy) is 2. The maximum absolute atomic E-state index is 12.5. The average Bonchev–Trinajstić information content (AvgIpc) is 3.32. The van der Waals surface area contributed by atoms with Gasteiger partial charge >= 0.3 is 0 Å². The number of thioether (sulfide) groups is 1. The second kappa shape index (κ2) is 10.4. The molecular weight excluding hydrogens is 450 g/mol. The Hall–Kier alpha value is -3.85. The number of hydrogen-bond donors (Lipinski definition) is 1. The standard InChI is InChI=1S/C25H23N5O3S/c31-23(27-12-10-18-8-9-21-22(15-18)33-14-13-32-21)17-34-25-29-28-24(19-5-4-11-26-16-19)30(25)20-6-2-1-3-7-20/h1-9,11,15-16H,10,12-14,17H2,(H,27,31). The highest BCUT2D eigenvalue weighted by molar-refractivity contribution is 7.99. The molecule has 34 heavy (non-hydrogen) atoms. The lowest BCUT2D eigenvalue weighted by Gasteiger charge is -2.18. The zero-order valence-electron chi connectivity index (χ0n) is 18.4. The van der Waals surface area contributed by atoms with Crippen LogP contribution in [0.5, 0.6) is 11.5 Å². The predicted molar refractivity (Wildman–Crippen MR) is 129 cm³/mol. The number of carbonyl (C=O) groups is 1. The number of nitrogens with zero attached hydrogens (tertiary/aromatic N) is 4. The summed E-state index contributed by atoms with van der Waals surface area (Å²) in [6, 6.07) is 19.5. The van der Waals surface area contributed by atoms with Gasteiger partial charge in [0.05, 0.1) is 5.75 Å². The highest BCUT2D eigenvalue weighted by Gasteiger charge is 2.17. The van der Waals surface area contributed by atoms with E-state index >= 15 is 0 Å². The first-order chi connectivity index (χ1) is 16.8. The molecule has 0 radical (unpaired) electrons. The minimum atomic E-state index is -0.0620. The van der Waals surface area contributed by atoms with Gasteiger partial charge in [-0.15, -0.1) is 10.2 Å². The molecule has 3 heterocycles. The zero-order chi connectivity index (χ0) is 23.2. The van der Waals surface area contributed by atoms with Crippen molar-refractivity contribution in [2.45, 2.75) is 11.6 Å². The fraction of sp³-hybridized carbons (Fsp3) is 0.200. The van der Waals surface area contributed by atoms with Crippen LogP contribution in [0.2, 0.25) is 0 Å². The van der Waals surface area contributed by atoms with Crippen LogP contribution >= 0.6 is 11.8 Å². The summed E-state index contributed by atoms with van der Waals surface area (Å²) < 4.78 is 13.1. The largest absolute Gasteiger partial charge is 0.486 e.